The Labute approximate surface area is 104 Å². The topological polar surface area (TPSA) is 43.8 Å². The van der Waals surface area contributed by atoms with Crippen molar-refractivity contribution in [2.24, 2.45) is 5.92 Å². The average molecular weight is 240 g/mol. The van der Waals surface area contributed by atoms with Crippen LogP contribution in [0.3, 0.4) is 0 Å². The van der Waals surface area contributed by atoms with Gasteiger partial charge in [0.1, 0.15) is 0 Å². The molecule has 1 N–H and O–H groups in total. The van der Waals surface area contributed by atoms with Crippen molar-refractivity contribution >= 4 is 5.97 Å². The third kappa shape index (κ3) is 2.80. The Morgan fingerprint density at radius 3 is 2.53 bits per heavy atom. The summed E-state index contributed by atoms with van der Waals surface area (Å²) in [7, 11) is 4.23. The van der Waals surface area contributed by atoms with Crippen LogP contribution in [-0.4, -0.2) is 60.1 Å². The van der Waals surface area contributed by atoms with E-state index in [1.54, 1.807) is 0 Å². The molecule has 0 amide bonds. The molecule has 1 saturated heterocycles. The molecule has 17 heavy (non-hydrogen) atoms. The molecule has 3 atom stereocenters. The molecule has 3 unspecified atom stereocenters. The van der Waals surface area contributed by atoms with E-state index in [-0.39, 0.29) is 12.0 Å². The number of likely N-dealkylation sites (N-methyl/N-ethyl adjacent to an activating group) is 1. The molecule has 98 valence electrons. The van der Waals surface area contributed by atoms with E-state index in [1.165, 1.54) is 12.8 Å². The highest BCUT2D eigenvalue weighted by molar-refractivity contribution is 5.71. The maximum atomic E-state index is 11.3. The summed E-state index contributed by atoms with van der Waals surface area (Å²) in [4.78, 5) is 16.0. The first-order valence-corrected chi connectivity index (χ1v) is 6.73. The van der Waals surface area contributed by atoms with Crippen LogP contribution in [0.2, 0.25) is 0 Å². The van der Waals surface area contributed by atoms with Gasteiger partial charge in [-0.1, -0.05) is 12.8 Å². The van der Waals surface area contributed by atoms with E-state index in [0.29, 0.717) is 6.04 Å². The Kier molecular flexibility index (Phi) is 4.05. The lowest BCUT2D eigenvalue weighted by atomic mass is 9.83. The van der Waals surface area contributed by atoms with Gasteiger partial charge in [-0.25, -0.2) is 0 Å². The fraction of sp³-hybridized carbons (Fsp3) is 0.923. The van der Waals surface area contributed by atoms with Crippen molar-refractivity contribution in [3.8, 4) is 0 Å². The second kappa shape index (κ2) is 5.36. The van der Waals surface area contributed by atoms with Crippen molar-refractivity contribution in [1.82, 2.24) is 9.80 Å². The van der Waals surface area contributed by atoms with Crippen LogP contribution in [0.25, 0.3) is 0 Å². The number of carboxylic acids is 1. The second-order valence-electron chi connectivity index (χ2n) is 5.70. The SMILES string of the molecule is CN(C)C1CCN(C2CCCCC2C(=O)O)C1. The number of rotatable bonds is 3. The molecule has 0 aromatic rings. The van der Waals surface area contributed by atoms with Crippen molar-refractivity contribution < 1.29 is 9.90 Å². The molecule has 4 heteroatoms. The van der Waals surface area contributed by atoms with Gasteiger partial charge in [0.2, 0.25) is 0 Å². The number of carbonyl (C=O) groups is 1. The summed E-state index contributed by atoms with van der Waals surface area (Å²) >= 11 is 0. The standard InChI is InChI=1S/C13H24N2O2/c1-14(2)10-7-8-15(9-10)12-6-4-3-5-11(12)13(16)17/h10-12H,3-9H2,1-2H3,(H,16,17). The molecule has 0 bridgehead atoms. The second-order valence-corrected chi connectivity index (χ2v) is 5.70. The van der Waals surface area contributed by atoms with E-state index in [9.17, 15) is 9.90 Å². The molecule has 0 radical (unpaired) electrons. The molecule has 2 rings (SSSR count). The molecule has 0 spiro atoms. The molecule has 2 aliphatic rings. The van der Waals surface area contributed by atoms with Gasteiger partial charge >= 0.3 is 5.97 Å². The number of likely N-dealkylation sites (tertiary alicyclic amines) is 1. The Morgan fingerprint density at radius 2 is 1.94 bits per heavy atom. The van der Waals surface area contributed by atoms with Gasteiger partial charge in [-0.3, -0.25) is 9.69 Å². The summed E-state index contributed by atoms with van der Waals surface area (Å²) < 4.78 is 0. The minimum absolute atomic E-state index is 0.135. The molecule has 0 aromatic heterocycles. The van der Waals surface area contributed by atoms with Crippen LogP contribution in [0.1, 0.15) is 32.1 Å². The van der Waals surface area contributed by atoms with Crippen LogP contribution in [0.4, 0.5) is 0 Å². The van der Waals surface area contributed by atoms with E-state index in [4.69, 9.17) is 0 Å². The molecule has 1 aliphatic carbocycles. The summed E-state index contributed by atoms with van der Waals surface area (Å²) in [5.41, 5.74) is 0. The van der Waals surface area contributed by atoms with Gasteiger partial charge < -0.3 is 10.0 Å². The zero-order valence-electron chi connectivity index (χ0n) is 10.9. The maximum absolute atomic E-state index is 11.3. The lowest BCUT2D eigenvalue weighted by Crippen LogP contribution is -2.45. The van der Waals surface area contributed by atoms with Gasteiger partial charge in [0, 0.05) is 25.2 Å². The molecular weight excluding hydrogens is 216 g/mol. The number of hydrogen-bond acceptors (Lipinski definition) is 3. The fourth-order valence-electron chi connectivity index (χ4n) is 3.33. The molecule has 2 fully saturated rings. The quantitative estimate of drug-likeness (QED) is 0.806. The Morgan fingerprint density at radius 1 is 1.24 bits per heavy atom. The van der Waals surface area contributed by atoms with Gasteiger partial charge in [0.05, 0.1) is 5.92 Å². The van der Waals surface area contributed by atoms with Crippen LogP contribution in [0.5, 0.6) is 0 Å². The maximum Gasteiger partial charge on any atom is 0.308 e. The first kappa shape index (κ1) is 12.8. The molecular formula is C13H24N2O2. The van der Waals surface area contributed by atoms with Crippen molar-refractivity contribution in [2.45, 2.75) is 44.2 Å². The van der Waals surface area contributed by atoms with Crippen molar-refractivity contribution in [3.05, 3.63) is 0 Å². The summed E-state index contributed by atoms with van der Waals surface area (Å²) in [6, 6.07) is 0.887. The summed E-state index contributed by atoms with van der Waals surface area (Å²) in [5, 5.41) is 9.31. The first-order chi connectivity index (χ1) is 8.09. The predicted molar refractivity (Wildman–Crippen MR) is 67.0 cm³/mol. The number of aliphatic carboxylic acids is 1. The molecule has 0 aromatic carbocycles. The lowest BCUT2D eigenvalue weighted by molar-refractivity contribution is -0.145. The highest BCUT2D eigenvalue weighted by Crippen LogP contribution is 2.31. The Balaban J connectivity index is 1.98. The number of nitrogens with zero attached hydrogens (tertiary/aromatic N) is 2. The van der Waals surface area contributed by atoms with Crippen molar-refractivity contribution in [2.75, 3.05) is 27.2 Å². The van der Waals surface area contributed by atoms with Crippen LogP contribution in [0, 0.1) is 5.92 Å². The lowest BCUT2D eigenvalue weighted by Gasteiger charge is -2.36. The van der Waals surface area contributed by atoms with Crippen molar-refractivity contribution in [3.63, 3.8) is 0 Å². The van der Waals surface area contributed by atoms with Gasteiger partial charge in [-0.05, 0) is 33.4 Å². The summed E-state index contributed by atoms with van der Waals surface area (Å²) in [6.07, 6.45) is 5.38. The number of hydrogen-bond donors (Lipinski definition) is 1. The molecule has 4 nitrogen and oxygen atoms in total. The highest BCUT2D eigenvalue weighted by atomic mass is 16.4. The van der Waals surface area contributed by atoms with Crippen LogP contribution < -0.4 is 0 Å². The van der Waals surface area contributed by atoms with Crippen molar-refractivity contribution in [1.29, 1.82) is 0 Å². The third-order valence-corrected chi connectivity index (χ3v) is 4.44. The third-order valence-electron chi connectivity index (χ3n) is 4.44. The van der Waals surface area contributed by atoms with E-state index < -0.39 is 5.97 Å². The minimum Gasteiger partial charge on any atom is -0.481 e. The summed E-state index contributed by atoms with van der Waals surface area (Å²) in [6.45, 7) is 2.11. The average Bonchev–Trinajstić information content (AvgIpc) is 2.78. The van der Waals surface area contributed by atoms with Gasteiger partial charge in [-0.2, -0.15) is 0 Å². The van der Waals surface area contributed by atoms with E-state index in [1.807, 2.05) is 0 Å². The van der Waals surface area contributed by atoms with Gasteiger partial charge in [-0.15, -0.1) is 0 Å². The Bertz CT molecular complexity index is 281. The first-order valence-electron chi connectivity index (χ1n) is 6.73. The number of carboxylic acid groups (broad SMARTS) is 1. The molecule has 1 saturated carbocycles. The van der Waals surface area contributed by atoms with E-state index >= 15 is 0 Å². The van der Waals surface area contributed by atoms with Crippen LogP contribution in [0.15, 0.2) is 0 Å². The predicted octanol–water partition coefficient (Wildman–Crippen LogP) is 1.27. The van der Waals surface area contributed by atoms with Gasteiger partial charge in [0.25, 0.3) is 0 Å². The highest BCUT2D eigenvalue weighted by Gasteiger charge is 2.38. The van der Waals surface area contributed by atoms with Crippen LogP contribution >= 0.6 is 0 Å². The fourth-order valence-corrected chi connectivity index (χ4v) is 3.33. The largest absolute Gasteiger partial charge is 0.481 e. The summed E-state index contributed by atoms with van der Waals surface area (Å²) in [5.74, 6) is -0.729. The van der Waals surface area contributed by atoms with E-state index in [0.717, 1.165) is 32.4 Å². The molecule has 1 aliphatic heterocycles. The normalized spacial score (nSPS) is 35.4. The molecule has 1 heterocycles. The monoisotopic (exact) mass is 240 g/mol. The zero-order valence-corrected chi connectivity index (χ0v) is 10.9. The minimum atomic E-state index is -0.594. The van der Waals surface area contributed by atoms with Crippen LogP contribution in [-0.2, 0) is 4.79 Å². The zero-order chi connectivity index (χ0) is 12.4. The van der Waals surface area contributed by atoms with Gasteiger partial charge in [0.15, 0.2) is 0 Å². The smallest absolute Gasteiger partial charge is 0.308 e. The van der Waals surface area contributed by atoms with E-state index in [2.05, 4.69) is 23.9 Å². The Hall–Kier alpha value is -0.610.